The van der Waals surface area contributed by atoms with Crippen LogP contribution in [0.25, 0.3) is 10.8 Å². The van der Waals surface area contributed by atoms with Crippen LogP contribution < -0.4 is 0 Å². The number of aryl methyl sites for hydroxylation is 1. The summed E-state index contributed by atoms with van der Waals surface area (Å²) in [5, 5.41) is 2.73. The summed E-state index contributed by atoms with van der Waals surface area (Å²) >= 11 is 0. The first kappa shape index (κ1) is 14.9. The average Bonchev–Trinajstić information content (AvgIpc) is 2.61. The van der Waals surface area contributed by atoms with E-state index in [1.807, 2.05) is 0 Å². The first-order chi connectivity index (χ1) is 6.81. The molecule has 2 aromatic rings. The minimum atomic E-state index is 0. The van der Waals surface area contributed by atoms with Gasteiger partial charge in [-0.1, -0.05) is 26.1 Å². The van der Waals surface area contributed by atoms with E-state index in [0.717, 1.165) is 15.9 Å². The van der Waals surface area contributed by atoms with Gasteiger partial charge in [-0.15, -0.1) is 40.6 Å². The fourth-order valence-corrected chi connectivity index (χ4v) is 1.42. The van der Waals surface area contributed by atoms with Crippen LogP contribution in [0.2, 0.25) is 13.1 Å². The monoisotopic (exact) mass is 291 g/mol. The summed E-state index contributed by atoms with van der Waals surface area (Å²) in [6.45, 7) is 6.49. The van der Waals surface area contributed by atoms with Gasteiger partial charge in [0.05, 0.1) is 0 Å². The Balaban J connectivity index is 0.000000443. The molecule has 0 heterocycles. The molecule has 2 heteroatoms. The molecule has 0 saturated carbocycles. The number of benzene rings is 1. The van der Waals surface area contributed by atoms with Crippen molar-refractivity contribution in [2.24, 2.45) is 0 Å². The Labute approximate surface area is 114 Å². The van der Waals surface area contributed by atoms with Gasteiger partial charge >= 0.3 is 0 Å². The molecule has 0 aromatic heterocycles. The van der Waals surface area contributed by atoms with Crippen molar-refractivity contribution in [2.45, 2.75) is 26.4 Å². The molecule has 2 aromatic carbocycles. The molecule has 0 nitrogen and oxygen atoms in total. The second-order valence-corrected chi connectivity index (χ2v) is 4.35. The molecule has 0 saturated heterocycles. The van der Waals surface area contributed by atoms with Gasteiger partial charge in [-0.25, -0.2) is 0 Å². The van der Waals surface area contributed by atoms with Crippen molar-refractivity contribution < 1.29 is 26.2 Å². The Morgan fingerprint density at radius 2 is 1.80 bits per heavy atom. The molecule has 0 aliphatic carbocycles. The van der Waals surface area contributed by atoms with Crippen molar-refractivity contribution in [1.82, 2.24) is 0 Å². The second kappa shape index (κ2) is 8.13. The van der Waals surface area contributed by atoms with E-state index in [1.165, 1.54) is 16.3 Å². The van der Waals surface area contributed by atoms with Gasteiger partial charge in [0.15, 0.2) is 0 Å². The van der Waals surface area contributed by atoms with Crippen molar-refractivity contribution in [1.29, 1.82) is 0 Å². The van der Waals surface area contributed by atoms with Crippen LogP contribution in [0.15, 0.2) is 36.4 Å². The van der Waals surface area contributed by atoms with Crippen LogP contribution in [0.1, 0.15) is 12.5 Å². The van der Waals surface area contributed by atoms with Crippen molar-refractivity contribution in [3.05, 3.63) is 42.0 Å². The van der Waals surface area contributed by atoms with E-state index in [4.69, 9.17) is 0 Å². The van der Waals surface area contributed by atoms with Gasteiger partial charge in [0.2, 0.25) is 0 Å². The van der Waals surface area contributed by atoms with Crippen molar-refractivity contribution in [3.63, 3.8) is 0 Å². The number of hydrogen-bond donors (Lipinski definition) is 0. The summed E-state index contributed by atoms with van der Waals surface area (Å²) in [5.74, 6) is 0. The van der Waals surface area contributed by atoms with E-state index in [0.29, 0.717) is 0 Å². The quantitative estimate of drug-likeness (QED) is 0.552. The topological polar surface area (TPSA) is 0 Å². The summed E-state index contributed by atoms with van der Waals surface area (Å²) in [7, 11) is 1.08. The SMILES string of the molecule is CCc1cc2ccccc2[cH-]1.C[Si]C.[Zr]. The molecule has 15 heavy (non-hydrogen) atoms. The van der Waals surface area contributed by atoms with Gasteiger partial charge in [-0.05, 0) is 6.42 Å². The van der Waals surface area contributed by atoms with Crippen LogP contribution >= 0.6 is 0 Å². The van der Waals surface area contributed by atoms with Crippen LogP contribution in [0.5, 0.6) is 0 Å². The third-order valence-electron chi connectivity index (χ3n) is 2.09. The molecule has 2 radical (unpaired) electrons. The van der Waals surface area contributed by atoms with Crippen molar-refractivity contribution in [2.75, 3.05) is 0 Å². The largest absolute Gasteiger partial charge is 0.165 e. The third kappa shape index (κ3) is 4.53. The zero-order valence-electron chi connectivity index (χ0n) is 9.67. The molecule has 0 atom stereocenters. The summed E-state index contributed by atoms with van der Waals surface area (Å²) in [4.78, 5) is 0. The maximum atomic E-state index is 2.26. The van der Waals surface area contributed by atoms with Crippen LogP contribution in [0, 0.1) is 0 Å². The van der Waals surface area contributed by atoms with Gasteiger partial charge in [-0.2, -0.15) is 6.07 Å². The zero-order chi connectivity index (χ0) is 10.4. The molecule has 0 fully saturated rings. The number of hydrogen-bond acceptors (Lipinski definition) is 0. The van der Waals surface area contributed by atoms with Crippen LogP contribution in [0.3, 0.4) is 0 Å². The number of fused-ring (bicyclic) bond motifs is 1. The van der Waals surface area contributed by atoms with Crippen LogP contribution in [-0.2, 0) is 32.6 Å². The average molecular weight is 293 g/mol. The molecule has 0 bridgehead atoms. The molecular formula is C13H17SiZr-. The van der Waals surface area contributed by atoms with E-state index in [1.54, 1.807) is 0 Å². The molecule has 2 rings (SSSR count). The third-order valence-corrected chi connectivity index (χ3v) is 2.09. The molecule has 0 spiro atoms. The minimum absolute atomic E-state index is 0. The van der Waals surface area contributed by atoms with E-state index in [9.17, 15) is 0 Å². The summed E-state index contributed by atoms with van der Waals surface area (Å²) in [6.07, 6.45) is 1.13. The molecule has 0 unspecified atom stereocenters. The maximum absolute atomic E-state index is 2.26. The van der Waals surface area contributed by atoms with E-state index < -0.39 is 0 Å². The Morgan fingerprint density at radius 3 is 2.33 bits per heavy atom. The molecule has 0 aliphatic heterocycles. The summed E-state index contributed by atoms with van der Waals surface area (Å²) in [5.41, 5.74) is 1.44. The van der Waals surface area contributed by atoms with Crippen molar-refractivity contribution in [3.8, 4) is 0 Å². The normalized spacial score (nSPS) is 9.00. The van der Waals surface area contributed by atoms with Gasteiger partial charge in [0, 0.05) is 35.7 Å². The van der Waals surface area contributed by atoms with E-state index in [-0.39, 0.29) is 26.2 Å². The Bertz CT molecular complexity index is 346. The molecular weight excluding hydrogens is 275 g/mol. The van der Waals surface area contributed by atoms with Crippen molar-refractivity contribution >= 4 is 20.3 Å². The Hall–Kier alpha value is -0.0700. The fourth-order valence-electron chi connectivity index (χ4n) is 1.42. The minimum Gasteiger partial charge on any atom is -0.165 e. The predicted octanol–water partition coefficient (Wildman–Crippen LogP) is 3.91. The van der Waals surface area contributed by atoms with E-state index >= 15 is 0 Å². The van der Waals surface area contributed by atoms with Crippen LogP contribution in [0.4, 0.5) is 0 Å². The van der Waals surface area contributed by atoms with Gasteiger partial charge < -0.3 is 0 Å². The van der Waals surface area contributed by atoms with Gasteiger partial charge in [0.1, 0.15) is 0 Å². The Kier molecular flexibility index (Phi) is 8.09. The standard InChI is InChI=1S/C11H11.C2H6Si.Zr/c1-2-9-7-10-5-3-4-6-11(10)8-9;1-3-2;/h3-8H,2H2,1H3;1-2H3;/q-1;;. The molecule has 0 amide bonds. The van der Waals surface area contributed by atoms with E-state index in [2.05, 4.69) is 56.4 Å². The maximum Gasteiger partial charge on any atom is 0.0307 e. The van der Waals surface area contributed by atoms with Gasteiger partial charge in [0.25, 0.3) is 0 Å². The second-order valence-electron chi connectivity index (χ2n) is 3.35. The molecule has 0 aliphatic rings. The predicted molar refractivity (Wildman–Crippen MR) is 66.4 cm³/mol. The first-order valence-electron chi connectivity index (χ1n) is 5.04. The van der Waals surface area contributed by atoms with Crippen LogP contribution in [-0.4, -0.2) is 9.52 Å². The number of rotatable bonds is 1. The molecule has 0 N–H and O–H groups in total. The van der Waals surface area contributed by atoms with Gasteiger partial charge in [-0.3, -0.25) is 0 Å². The fraction of sp³-hybridized carbons (Fsp3) is 0.308. The smallest absolute Gasteiger partial charge is 0.0307 e. The Morgan fingerprint density at radius 1 is 1.20 bits per heavy atom. The molecule has 78 valence electrons. The first-order valence-corrected chi connectivity index (χ1v) is 7.04. The summed E-state index contributed by atoms with van der Waals surface area (Å²) in [6, 6.07) is 13.0. The zero-order valence-corrected chi connectivity index (χ0v) is 13.1. The summed E-state index contributed by atoms with van der Waals surface area (Å²) < 4.78 is 0.